The monoisotopic (exact) mass is 380 g/mol. The van der Waals surface area contributed by atoms with Crippen LogP contribution in [0.15, 0.2) is 24.7 Å². The lowest BCUT2D eigenvalue weighted by Gasteiger charge is -2.04. The molecule has 0 aliphatic heterocycles. The third-order valence-electron chi connectivity index (χ3n) is 2.93. The fourth-order valence-corrected chi connectivity index (χ4v) is 2.78. The zero-order valence-corrected chi connectivity index (χ0v) is 12.6. The molecule has 25 heavy (non-hydrogen) atoms. The Balaban J connectivity index is 2.22. The molecule has 13 heteroatoms. The van der Waals surface area contributed by atoms with Crippen LogP contribution in [-0.2, 0) is 12.4 Å². The minimum Gasteiger partial charge on any atom is -0.383 e. The molecule has 2 N–H and O–H groups in total. The number of hydrogen-bond acceptors (Lipinski definition) is 6. The van der Waals surface area contributed by atoms with E-state index in [-0.39, 0.29) is 17.3 Å². The van der Waals surface area contributed by atoms with Crippen molar-refractivity contribution in [2.45, 2.75) is 12.4 Å². The van der Waals surface area contributed by atoms with Crippen LogP contribution in [0.2, 0.25) is 0 Å². The van der Waals surface area contributed by atoms with E-state index in [9.17, 15) is 26.3 Å². The molecule has 0 aromatic carbocycles. The van der Waals surface area contributed by atoms with Crippen molar-refractivity contribution in [3.05, 3.63) is 35.4 Å². The van der Waals surface area contributed by atoms with Gasteiger partial charge < -0.3 is 5.73 Å². The van der Waals surface area contributed by atoms with Crippen LogP contribution >= 0.6 is 11.3 Å². The first-order chi connectivity index (χ1) is 11.6. The highest BCUT2D eigenvalue weighted by atomic mass is 32.1. The van der Waals surface area contributed by atoms with Gasteiger partial charge in [0.25, 0.3) is 5.95 Å². The van der Waals surface area contributed by atoms with Crippen LogP contribution in [0.1, 0.15) is 10.7 Å². The van der Waals surface area contributed by atoms with Gasteiger partial charge in [0.2, 0.25) is 0 Å². The zero-order valence-electron chi connectivity index (χ0n) is 11.8. The highest BCUT2D eigenvalue weighted by molar-refractivity contribution is 7.15. The van der Waals surface area contributed by atoms with Crippen molar-refractivity contribution in [1.82, 2.24) is 24.7 Å². The molecule has 3 aromatic heterocycles. The number of nitrogens with zero attached hydrogens (tertiary/aromatic N) is 5. The molecule has 6 nitrogen and oxygen atoms in total. The molecular weight excluding hydrogens is 374 g/mol. The predicted molar refractivity (Wildman–Crippen MR) is 74.7 cm³/mol. The topological polar surface area (TPSA) is 82.5 Å². The summed E-state index contributed by atoms with van der Waals surface area (Å²) in [5, 5.41) is 2.05. The van der Waals surface area contributed by atoms with Crippen LogP contribution in [0.3, 0.4) is 0 Å². The Labute approximate surface area is 139 Å². The van der Waals surface area contributed by atoms with Crippen LogP contribution in [-0.4, -0.2) is 24.7 Å². The first-order valence-corrected chi connectivity index (χ1v) is 7.17. The van der Waals surface area contributed by atoms with Gasteiger partial charge in [0.05, 0.1) is 10.4 Å². The highest BCUT2D eigenvalue weighted by Gasteiger charge is 2.41. The van der Waals surface area contributed by atoms with Crippen LogP contribution in [0.25, 0.3) is 16.4 Å². The van der Waals surface area contributed by atoms with Crippen molar-refractivity contribution in [2.24, 2.45) is 0 Å². The van der Waals surface area contributed by atoms with E-state index < -0.39 is 39.3 Å². The quantitative estimate of drug-likeness (QED) is 0.689. The normalized spacial score (nSPS) is 12.6. The fourth-order valence-electron chi connectivity index (χ4n) is 1.95. The Bertz CT molecular complexity index is 897. The third-order valence-corrected chi connectivity index (χ3v) is 3.99. The summed E-state index contributed by atoms with van der Waals surface area (Å²) in [6.45, 7) is 0. The van der Waals surface area contributed by atoms with Crippen LogP contribution in [0, 0.1) is 0 Å². The second-order valence-electron chi connectivity index (χ2n) is 4.59. The number of anilines is 1. The van der Waals surface area contributed by atoms with Gasteiger partial charge in [-0.3, -0.25) is 0 Å². The van der Waals surface area contributed by atoms with Crippen molar-refractivity contribution in [3.63, 3.8) is 0 Å². The van der Waals surface area contributed by atoms with Gasteiger partial charge in [-0.15, -0.1) is 11.3 Å². The molecule has 0 saturated heterocycles. The lowest BCUT2D eigenvalue weighted by molar-refractivity contribution is -0.141. The Morgan fingerprint density at radius 2 is 1.60 bits per heavy atom. The molecule has 0 fully saturated rings. The predicted octanol–water partition coefficient (Wildman–Crippen LogP) is 3.41. The molecule has 0 bridgehead atoms. The van der Waals surface area contributed by atoms with Gasteiger partial charge in [-0.25, -0.2) is 15.0 Å². The smallest absolute Gasteiger partial charge is 0.383 e. The van der Waals surface area contributed by atoms with Gasteiger partial charge in [0.1, 0.15) is 5.82 Å². The maximum Gasteiger partial charge on any atom is 0.443 e. The van der Waals surface area contributed by atoms with Crippen molar-refractivity contribution in [3.8, 4) is 16.4 Å². The largest absolute Gasteiger partial charge is 0.443 e. The molecule has 0 saturated carbocycles. The first kappa shape index (κ1) is 17.1. The number of nitrogen functional groups attached to an aromatic ring is 1. The summed E-state index contributed by atoms with van der Waals surface area (Å²) >= 11 is 0.0356. The number of alkyl halides is 6. The number of rotatable bonds is 2. The summed E-state index contributed by atoms with van der Waals surface area (Å²) in [4.78, 5) is 10.2. The molecule has 3 heterocycles. The first-order valence-electron chi connectivity index (χ1n) is 6.35. The van der Waals surface area contributed by atoms with E-state index in [4.69, 9.17) is 5.73 Å². The summed E-state index contributed by atoms with van der Waals surface area (Å²) < 4.78 is 78.5. The minimum absolute atomic E-state index is 0.0356. The average molecular weight is 380 g/mol. The summed E-state index contributed by atoms with van der Waals surface area (Å²) in [5.41, 5.74) is 3.55. The van der Waals surface area contributed by atoms with Crippen LogP contribution in [0.4, 0.5) is 32.2 Å². The van der Waals surface area contributed by atoms with Crippen molar-refractivity contribution in [2.75, 3.05) is 5.73 Å². The molecule has 0 radical (unpaired) electrons. The van der Waals surface area contributed by atoms with Gasteiger partial charge in [-0.1, -0.05) is 0 Å². The van der Waals surface area contributed by atoms with Gasteiger partial charge in [-0.2, -0.15) is 36.1 Å². The number of hydrogen-bond donors (Lipinski definition) is 1. The van der Waals surface area contributed by atoms with Gasteiger partial charge >= 0.3 is 12.4 Å². The average Bonchev–Trinajstić information content (AvgIpc) is 3.11. The number of thiazole rings is 1. The SMILES string of the molecule is Nc1c(-c2cnc(C(F)(F)F)s2)c(C(F)(F)F)nn1-c1ncccn1. The van der Waals surface area contributed by atoms with Crippen LogP contribution in [0.5, 0.6) is 0 Å². The number of aromatic nitrogens is 5. The van der Waals surface area contributed by atoms with Crippen molar-refractivity contribution >= 4 is 17.2 Å². The van der Waals surface area contributed by atoms with Crippen molar-refractivity contribution < 1.29 is 26.3 Å². The molecule has 3 aromatic rings. The summed E-state index contributed by atoms with van der Waals surface area (Å²) in [6, 6.07) is 1.42. The van der Waals surface area contributed by atoms with E-state index in [0.29, 0.717) is 10.9 Å². The molecular formula is C12H6F6N6S. The number of halogens is 6. The van der Waals surface area contributed by atoms with E-state index in [2.05, 4.69) is 20.1 Å². The lowest BCUT2D eigenvalue weighted by Crippen LogP contribution is -2.09. The van der Waals surface area contributed by atoms with E-state index in [1.807, 2.05) is 0 Å². The summed E-state index contributed by atoms with van der Waals surface area (Å²) in [5.74, 6) is -0.798. The lowest BCUT2D eigenvalue weighted by atomic mass is 10.2. The van der Waals surface area contributed by atoms with E-state index in [0.717, 1.165) is 0 Å². The van der Waals surface area contributed by atoms with E-state index in [1.54, 1.807) is 0 Å². The molecule has 0 aliphatic rings. The molecule has 0 atom stereocenters. The van der Waals surface area contributed by atoms with Gasteiger partial charge in [-0.05, 0) is 6.07 Å². The standard InChI is InChI=1S/C12H6F6N6S/c13-11(14,15)7-6(5-4-22-9(25-5)12(16,17)18)8(19)24(23-7)10-20-2-1-3-21-10/h1-4H,19H2. The Kier molecular flexibility index (Phi) is 3.89. The molecule has 0 unspecified atom stereocenters. The van der Waals surface area contributed by atoms with E-state index in [1.165, 1.54) is 18.5 Å². The fraction of sp³-hybridized carbons (Fsp3) is 0.167. The minimum atomic E-state index is -4.95. The molecule has 3 rings (SSSR count). The Morgan fingerprint density at radius 3 is 2.12 bits per heavy atom. The van der Waals surface area contributed by atoms with E-state index >= 15 is 0 Å². The van der Waals surface area contributed by atoms with Gasteiger partial charge in [0, 0.05) is 18.6 Å². The third kappa shape index (κ3) is 3.14. The molecule has 132 valence electrons. The maximum atomic E-state index is 13.3. The summed E-state index contributed by atoms with van der Waals surface area (Å²) in [6.07, 6.45) is -6.55. The van der Waals surface area contributed by atoms with Gasteiger partial charge in [0.15, 0.2) is 10.7 Å². The Hall–Kier alpha value is -2.70. The second kappa shape index (κ2) is 5.68. The number of nitrogens with two attached hydrogens (primary N) is 1. The zero-order chi connectivity index (χ0) is 18.4. The molecule has 0 aliphatic carbocycles. The molecule has 0 spiro atoms. The Morgan fingerprint density at radius 1 is 0.960 bits per heavy atom. The second-order valence-corrected chi connectivity index (χ2v) is 5.63. The van der Waals surface area contributed by atoms with Crippen molar-refractivity contribution in [1.29, 1.82) is 0 Å². The summed E-state index contributed by atoms with van der Waals surface area (Å²) in [7, 11) is 0. The molecule has 0 amide bonds. The maximum absolute atomic E-state index is 13.3. The highest BCUT2D eigenvalue weighted by Crippen LogP contribution is 2.44. The van der Waals surface area contributed by atoms with Crippen LogP contribution < -0.4 is 5.73 Å².